The van der Waals surface area contributed by atoms with Crippen molar-refractivity contribution < 1.29 is 13.2 Å². The standard InChI is InChI=1S/C12H19N3O3S.ClH/c1-7(2)11(13)12(16)15-9-4-8(3)5-10(6-9)19(14,17)18;/h4-7,11H,13H2,1-3H3,(H,15,16)(H2,14,17,18);1H/t11-;/m1./s1. The molecule has 0 aliphatic heterocycles. The van der Waals surface area contributed by atoms with Crippen LogP contribution in [0.15, 0.2) is 23.1 Å². The van der Waals surface area contributed by atoms with Crippen LogP contribution in [0.1, 0.15) is 19.4 Å². The summed E-state index contributed by atoms with van der Waals surface area (Å²) < 4.78 is 22.6. The van der Waals surface area contributed by atoms with E-state index in [0.29, 0.717) is 11.3 Å². The largest absolute Gasteiger partial charge is 0.325 e. The molecule has 0 unspecified atom stereocenters. The van der Waals surface area contributed by atoms with Crippen LogP contribution in [0.3, 0.4) is 0 Å². The van der Waals surface area contributed by atoms with Crippen molar-refractivity contribution in [2.24, 2.45) is 16.8 Å². The number of hydrogen-bond acceptors (Lipinski definition) is 4. The number of amides is 1. The molecule has 0 saturated carbocycles. The number of aryl methyl sites for hydroxylation is 1. The molecule has 8 heteroatoms. The smallest absolute Gasteiger partial charge is 0.241 e. The van der Waals surface area contributed by atoms with Crippen molar-refractivity contribution in [1.29, 1.82) is 0 Å². The van der Waals surface area contributed by atoms with Crippen LogP contribution < -0.4 is 16.2 Å². The second-order valence-corrected chi connectivity index (χ2v) is 6.40. The highest BCUT2D eigenvalue weighted by molar-refractivity contribution is 7.89. The molecule has 0 aliphatic rings. The summed E-state index contributed by atoms with van der Waals surface area (Å²) in [6.07, 6.45) is 0. The number of hydrogen-bond donors (Lipinski definition) is 3. The fraction of sp³-hybridized carbons (Fsp3) is 0.417. The average Bonchev–Trinajstić information content (AvgIpc) is 2.25. The summed E-state index contributed by atoms with van der Waals surface area (Å²) >= 11 is 0. The van der Waals surface area contributed by atoms with Gasteiger partial charge in [-0.3, -0.25) is 4.79 Å². The number of carbonyl (C=O) groups excluding carboxylic acids is 1. The first-order valence-corrected chi connectivity index (χ1v) is 7.37. The average molecular weight is 322 g/mol. The zero-order valence-corrected chi connectivity index (χ0v) is 13.2. The van der Waals surface area contributed by atoms with E-state index >= 15 is 0 Å². The van der Waals surface area contributed by atoms with Gasteiger partial charge in [-0.05, 0) is 36.6 Å². The zero-order chi connectivity index (χ0) is 14.8. The number of rotatable bonds is 4. The van der Waals surface area contributed by atoms with Crippen LogP contribution in [0.4, 0.5) is 5.69 Å². The maximum absolute atomic E-state index is 11.8. The van der Waals surface area contributed by atoms with Crippen molar-refractivity contribution in [3.63, 3.8) is 0 Å². The number of nitrogens with one attached hydrogen (secondary N) is 1. The summed E-state index contributed by atoms with van der Waals surface area (Å²) in [6, 6.07) is 3.75. The Labute approximate surface area is 125 Å². The Morgan fingerprint density at radius 1 is 1.25 bits per heavy atom. The van der Waals surface area contributed by atoms with E-state index < -0.39 is 16.1 Å². The van der Waals surface area contributed by atoms with Crippen LogP contribution in [-0.4, -0.2) is 20.4 Å². The highest BCUT2D eigenvalue weighted by atomic mass is 35.5. The fourth-order valence-electron chi connectivity index (χ4n) is 1.51. The maximum Gasteiger partial charge on any atom is 0.241 e. The van der Waals surface area contributed by atoms with Gasteiger partial charge in [-0.1, -0.05) is 13.8 Å². The number of benzene rings is 1. The second-order valence-electron chi connectivity index (χ2n) is 4.84. The van der Waals surface area contributed by atoms with Gasteiger partial charge in [0, 0.05) is 5.69 Å². The molecule has 0 saturated heterocycles. The molecule has 0 aliphatic carbocycles. The number of nitrogens with two attached hydrogens (primary N) is 2. The molecule has 1 atom stereocenters. The molecule has 1 amide bonds. The third kappa shape index (κ3) is 5.09. The number of carbonyl (C=O) groups is 1. The van der Waals surface area contributed by atoms with Crippen molar-refractivity contribution in [3.05, 3.63) is 23.8 Å². The Bertz CT molecular complexity index is 588. The lowest BCUT2D eigenvalue weighted by Gasteiger charge is -2.16. The van der Waals surface area contributed by atoms with Gasteiger partial charge in [0.05, 0.1) is 10.9 Å². The number of primary sulfonamides is 1. The van der Waals surface area contributed by atoms with Crippen LogP contribution >= 0.6 is 12.4 Å². The van der Waals surface area contributed by atoms with Crippen molar-refractivity contribution in [1.82, 2.24) is 0 Å². The van der Waals surface area contributed by atoms with E-state index in [1.807, 2.05) is 13.8 Å². The Hall–Kier alpha value is -1.15. The molecular formula is C12H20ClN3O3S. The summed E-state index contributed by atoms with van der Waals surface area (Å²) in [5.74, 6) is -0.372. The van der Waals surface area contributed by atoms with Gasteiger partial charge in [0.25, 0.3) is 0 Å². The first-order valence-electron chi connectivity index (χ1n) is 5.82. The monoisotopic (exact) mass is 321 g/mol. The van der Waals surface area contributed by atoms with Gasteiger partial charge in [0.15, 0.2) is 0 Å². The number of anilines is 1. The lowest BCUT2D eigenvalue weighted by molar-refractivity contribution is -0.118. The Morgan fingerprint density at radius 3 is 2.25 bits per heavy atom. The predicted octanol–water partition coefficient (Wildman–Crippen LogP) is 0.986. The molecule has 20 heavy (non-hydrogen) atoms. The minimum Gasteiger partial charge on any atom is -0.325 e. The molecule has 114 valence electrons. The summed E-state index contributed by atoms with van der Waals surface area (Å²) in [7, 11) is -3.80. The van der Waals surface area contributed by atoms with E-state index in [1.165, 1.54) is 12.1 Å². The van der Waals surface area contributed by atoms with E-state index in [2.05, 4.69) is 5.32 Å². The van der Waals surface area contributed by atoms with Crippen molar-refractivity contribution in [2.75, 3.05) is 5.32 Å². The van der Waals surface area contributed by atoms with Crippen LogP contribution in [-0.2, 0) is 14.8 Å². The molecule has 1 rings (SSSR count). The lowest BCUT2D eigenvalue weighted by atomic mass is 10.0. The van der Waals surface area contributed by atoms with E-state index in [1.54, 1.807) is 13.0 Å². The zero-order valence-electron chi connectivity index (χ0n) is 11.6. The third-order valence-electron chi connectivity index (χ3n) is 2.67. The molecular weight excluding hydrogens is 302 g/mol. The lowest BCUT2D eigenvalue weighted by Crippen LogP contribution is -2.39. The molecule has 1 aromatic carbocycles. The molecule has 0 aromatic heterocycles. The minimum absolute atomic E-state index is 0. The van der Waals surface area contributed by atoms with Crippen LogP contribution in [0, 0.1) is 12.8 Å². The van der Waals surface area contributed by atoms with Gasteiger partial charge in [-0.25, -0.2) is 13.6 Å². The van der Waals surface area contributed by atoms with E-state index in [0.717, 1.165) is 0 Å². The quantitative estimate of drug-likeness (QED) is 0.766. The van der Waals surface area contributed by atoms with Gasteiger partial charge in [0.1, 0.15) is 0 Å². The Kier molecular flexibility index (Phi) is 6.63. The molecule has 0 spiro atoms. The second kappa shape index (κ2) is 7.03. The van der Waals surface area contributed by atoms with Gasteiger partial charge >= 0.3 is 0 Å². The van der Waals surface area contributed by atoms with E-state index in [4.69, 9.17) is 10.9 Å². The molecule has 1 aromatic rings. The SMILES string of the molecule is Cc1cc(NC(=O)[C@H](N)C(C)C)cc(S(N)(=O)=O)c1.Cl. The molecule has 0 bridgehead atoms. The van der Waals surface area contributed by atoms with Crippen LogP contribution in [0.5, 0.6) is 0 Å². The fourth-order valence-corrected chi connectivity index (χ4v) is 2.15. The normalized spacial score (nSPS) is 12.7. The molecule has 0 fully saturated rings. The molecule has 0 heterocycles. The molecule has 5 N–H and O–H groups in total. The first-order chi connectivity index (χ1) is 8.61. The Balaban J connectivity index is 0.00000361. The van der Waals surface area contributed by atoms with Crippen LogP contribution in [0.2, 0.25) is 0 Å². The number of sulfonamides is 1. The Morgan fingerprint density at radius 2 is 1.80 bits per heavy atom. The summed E-state index contributed by atoms with van der Waals surface area (Å²) in [5, 5.41) is 7.66. The minimum atomic E-state index is -3.80. The maximum atomic E-state index is 11.8. The molecule has 6 nitrogen and oxygen atoms in total. The van der Waals surface area contributed by atoms with Crippen molar-refractivity contribution in [3.8, 4) is 0 Å². The van der Waals surface area contributed by atoms with Gasteiger partial charge in [-0.2, -0.15) is 0 Å². The molecule has 0 radical (unpaired) electrons. The highest BCUT2D eigenvalue weighted by Gasteiger charge is 2.18. The van der Waals surface area contributed by atoms with E-state index in [-0.39, 0.29) is 29.1 Å². The predicted molar refractivity (Wildman–Crippen MR) is 81.2 cm³/mol. The third-order valence-corrected chi connectivity index (χ3v) is 3.56. The highest BCUT2D eigenvalue weighted by Crippen LogP contribution is 2.18. The number of halogens is 1. The summed E-state index contributed by atoms with van der Waals surface area (Å²) in [5.41, 5.74) is 6.76. The topological polar surface area (TPSA) is 115 Å². The first kappa shape index (κ1) is 18.9. The van der Waals surface area contributed by atoms with E-state index in [9.17, 15) is 13.2 Å². The van der Waals surface area contributed by atoms with Crippen LogP contribution in [0.25, 0.3) is 0 Å². The van der Waals surface area contributed by atoms with Crippen molar-refractivity contribution in [2.45, 2.75) is 31.7 Å². The van der Waals surface area contributed by atoms with Gasteiger partial charge < -0.3 is 11.1 Å². The summed E-state index contributed by atoms with van der Waals surface area (Å²) in [6.45, 7) is 5.37. The van der Waals surface area contributed by atoms with Gasteiger partial charge in [0.2, 0.25) is 15.9 Å². The van der Waals surface area contributed by atoms with Gasteiger partial charge in [-0.15, -0.1) is 12.4 Å². The summed E-state index contributed by atoms with van der Waals surface area (Å²) in [4.78, 5) is 11.8. The van der Waals surface area contributed by atoms with Crippen molar-refractivity contribution >= 4 is 34.0 Å².